The Labute approximate surface area is 230 Å². The number of benzene rings is 1. The smallest absolute Gasteiger partial charge is 0.408 e. The number of hydrogen-bond donors (Lipinski definition) is 1. The van der Waals surface area contributed by atoms with Crippen molar-refractivity contribution in [2.24, 2.45) is 5.92 Å². The summed E-state index contributed by atoms with van der Waals surface area (Å²) in [5, 5.41) is 2.44. The Kier molecular flexibility index (Phi) is 12.2. The summed E-state index contributed by atoms with van der Waals surface area (Å²) < 4.78 is 23.4. The molecule has 9 heteroatoms. The Morgan fingerprint density at radius 2 is 1.50 bits per heavy atom. The Hall–Kier alpha value is -2.23. The zero-order valence-electron chi connectivity index (χ0n) is 25.3. The Morgan fingerprint density at radius 3 is 1.95 bits per heavy atom. The van der Waals surface area contributed by atoms with Crippen LogP contribution in [0.3, 0.4) is 0 Å². The molecule has 38 heavy (non-hydrogen) atoms. The third-order valence-electron chi connectivity index (χ3n) is 6.99. The molecule has 0 aliphatic heterocycles. The molecule has 0 spiro atoms. The van der Waals surface area contributed by atoms with Gasteiger partial charge in [-0.15, -0.1) is 0 Å². The number of ketones is 1. The van der Waals surface area contributed by atoms with Crippen LogP contribution < -0.4 is 5.32 Å². The number of nitrogens with one attached hydrogen (secondary N) is 1. The lowest BCUT2D eigenvalue weighted by atomic mass is 9.88. The number of carbonyl (C=O) groups excluding carboxylic acids is 3. The zero-order valence-corrected chi connectivity index (χ0v) is 26.3. The molecule has 1 aromatic carbocycles. The summed E-state index contributed by atoms with van der Waals surface area (Å²) in [5.74, 6) is -1.27. The molecule has 0 saturated heterocycles. The highest BCUT2D eigenvalue weighted by Gasteiger charge is 2.44. The second-order valence-corrected chi connectivity index (χ2v) is 17.2. The molecule has 5 atom stereocenters. The minimum atomic E-state index is -2.37. The number of hydrogen-bond acceptors (Lipinski definition) is 7. The van der Waals surface area contributed by atoms with Gasteiger partial charge in [0, 0.05) is 13.0 Å². The maximum Gasteiger partial charge on any atom is 0.408 e. The number of ether oxygens (including phenoxy) is 3. The molecule has 216 valence electrons. The van der Waals surface area contributed by atoms with Crippen LogP contribution >= 0.6 is 0 Å². The first kappa shape index (κ1) is 33.8. The molecule has 0 bridgehead atoms. The van der Waals surface area contributed by atoms with Gasteiger partial charge in [0.1, 0.15) is 17.5 Å². The van der Waals surface area contributed by atoms with Crippen molar-refractivity contribution in [1.82, 2.24) is 5.32 Å². The third kappa shape index (κ3) is 10.5. The monoisotopic (exact) mass is 551 g/mol. The number of carbonyl (C=O) groups is 3. The van der Waals surface area contributed by atoms with Gasteiger partial charge in [-0.25, -0.2) is 9.59 Å². The van der Waals surface area contributed by atoms with Crippen LogP contribution in [0, 0.1) is 5.92 Å². The lowest BCUT2D eigenvalue weighted by Gasteiger charge is -2.43. The minimum absolute atomic E-state index is 0.0471. The van der Waals surface area contributed by atoms with E-state index in [4.69, 9.17) is 18.6 Å². The molecule has 1 amide bonds. The van der Waals surface area contributed by atoms with E-state index >= 15 is 0 Å². The van der Waals surface area contributed by atoms with Crippen LogP contribution in [0.4, 0.5) is 4.79 Å². The molecule has 0 fully saturated rings. The normalized spacial score (nSPS) is 16.5. The molecular weight excluding hydrogens is 502 g/mol. The summed E-state index contributed by atoms with van der Waals surface area (Å²) in [5.41, 5.74) is 0.253. The summed E-state index contributed by atoms with van der Waals surface area (Å²) in [4.78, 5) is 38.8. The summed E-state index contributed by atoms with van der Waals surface area (Å²) in [6.07, 6.45) is -2.45. The lowest BCUT2D eigenvalue weighted by molar-refractivity contribution is -0.162. The molecule has 0 radical (unpaired) electrons. The fourth-order valence-electron chi connectivity index (χ4n) is 3.64. The number of methoxy groups -OCH3 is 1. The maximum absolute atomic E-state index is 13.4. The van der Waals surface area contributed by atoms with Crippen LogP contribution in [0.15, 0.2) is 30.3 Å². The molecule has 0 aliphatic rings. The first-order chi connectivity index (χ1) is 17.3. The number of rotatable bonds is 12. The molecule has 1 aromatic rings. The van der Waals surface area contributed by atoms with E-state index in [1.165, 1.54) is 7.11 Å². The second-order valence-electron chi connectivity index (χ2n) is 12.5. The topological polar surface area (TPSA) is 100 Å². The van der Waals surface area contributed by atoms with Crippen molar-refractivity contribution in [3.63, 3.8) is 0 Å². The molecule has 1 rings (SSSR count). The fraction of sp³-hybridized carbons (Fsp3) is 0.690. The van der Waals surface area contributed by atoms with Gasteiger partial charge in [0.15, 0.2) is 14.4 Å². The van der Waals surface area contributed by atoms with E-state index in [-0.39, 0.29) is 10.8 Å². The van der Waals surface area contributed by atoms with Gasteiger partial charge >= 0.3 is 12.1 Å². The first-order valence-corrected chi connectivity index (χ1v) is 16.1. The van der Waals surface area contributed by atoms with E-state index in [0.717, 1.165) is 5.56 Å². The SMILES string of the molecule is CO[C@@H](C)C(NC(=O)OC(C)(C)C)C(=O)O[C@@H](C)[C@H](O[Si](C)(C)C(C)(C)C)[C@@H](Cc1ccccc1)C(C)=O. The Bertz CT molecular complexity index is 921. The number of esters is 1. The van der Waals surface area contributed by atoms with Crippen molar-refractivity contribution in [1.29, 1.82) is 0 Å². The minimum Gasteiger partial charge on any atom is -0.458 e. The fourth-order valence-corrected chi connectivity index (χ4v) is 5.03. The molecule has 1 N–H and O–H groups in total. The highest BCUT2D eigenvalue weighted by molar-refractivity contribution is 6.74. The van der Waals surface area contributed by atoms with Crippen molar-refractivity contribution in [2.75, 3.05) is 7.11 Å². The van der Waals surface area contributed by atoms with E-state index in [9.17, 15) is 14.4 Å². The number of alkyl carbamates (subject to hydrolysis) is 1. The highest BCUT2D eigenvalue weighted by Crippen LogP contribution is 2.39. The standard InChI is InChI=1S/C29H49NO7Si/c1-19(31)23(18-22-16-14-13-15-17-22)25(37-38(11,12)29(7,8)9)21(3)35-26(32)24(20(2)34-10)30-27(33)36-28(4,5)6/h13-17,20-21,23-25H,18H2,1-12H3,(H,30,33)/t20-,21-,23-,24?,25-/m0/s1. The van der Waals surface area contributed by atoms with Gasteiger partial charge in [-0.2, -0.15) is 0 Å². The number of Topliss-reactive ketones (excluding diaryl/α,β-unsaturated/α-hetero) is 1. The van der Waals surface area contributed by atoms with E-state index in [2.05, 4.69) is 39.2 Å². The third-order valence-corrected chi connectivity index (χ3v) is 11.5. The van der Waals surface area contributed by atoms with Crippen LogP contribution in [0.25, 0.3) is 0 Å². The van der Waals surface area contributed by atoms with Crippen molar-refractivity contribution < 1.29 is 33.0 Å². The van der Waals surface area contributed by atoms with Crippen LogP contribution in [0.2, 0.25) is 18.1 Å². The predicted octanol–water partition coefficient (Wildman–Crippen LogP) is 5.68. The van der Waals surface area contributed by atoms with E-state index < -0.39 is 56.3 Å². The van der Waals surface area contributed by atoms with Crippen molar-refractivity contribution >= 4 is 26.2 Å². The molecular formula is C29H49NO7Si. The summed E-state index contributed by atoms with van der Waals surface area (Å²) in [7, 11) is -0.930. The van der Waals surface area contributed by atoms with Crippen LogP contribution in [0.5, 0.6) is 0 Å². The number of amides is 1. The van der Waals surface area contributed by atoms with E-state index in [0.29, 0.717) is 6.42 Å². The predicted molar refractivity (Wildman–Crippen MR) is 152 cm³/mol. The maximum atomic E-state index is 13.4. The first-order valence-electron chi connectivity index (χ1n) is 13.2. The van der Waals surface area contributed by atoms with Gasteiger partial charge in [-0.3, -0.25) is 4.79 Å². The quantitative estimate of drug-likeness (QED) is 0.263. The lowest BCUT2D eigenvalue weighted by Crippen LogP contribution is -2.54. The van der Waals surface area contributed by atoms with Crippen LogP contribution in [-0.2, 0) is 34.6 Å². The van der Waals surface area contributed by atoms with Crippen molar-refractivity contribution in [3.8, 4) is 0 Å². The molecule has 0 saturated carbocycles. The summed E-state index contributed by atoms with van der Waals surface area (Å²) >= 11 is 0. The van der Waals surface area contributed by atoms with Gasteiger partial charge in [-0.1, -0.05) is 51.1 Å². The molecule has 1 unspecified atom stereocenters. The van der Waals surface area contributed by atoms with Crippen LogP contribution in [0.1, 0.15) is 67.9 Å². The Balaban J connectivity index is 3.32. The van der Waals surface area contributed by atoms with Gasteiger partial charge in [0.05, 0.1) is 12.2 Å². The highest BCUT2D eigenvalue weighted by atomic mass is 28.4. The van der Waals surface area contributed by atoms with Gasteiger partial charge in [0.2, 0.25) is 0 Å². The van der Waals surface area contributed by atoms with Crippen molar-refractivity contribution in [2.45, 2.75) is 117 Å². The van der Waals surface area contributed by atoms with Gasteiger partial charge in [-0.05, 0) is 71.7 Å². The average Bonchev–Trinajstić information content (AvgIpc) is 2.77. The molecule has 8 nitrogen and oxygen atoms in total. The van der Waals surface area contributed by atoms with Gasteiger partial charge in [0.25, 0.3) is 0 Å². The van der Waals surface area contributed by atoms with Crippen LogP contribution in [-0.4, -0.2) is 63.2 Å². The summed E-state index contributed by atoms with van der Waals surface area (Å²) in [6, 6.07) is 8.61. The second kappa shape index (κ2) is 13.7. The van der Waals surface area contributed by atoms with E-state index in [1.54, 1.807) is 41.5 Å². The average molecular weight is 552 g/mol. The molecule has 0 aromatic heterocycles. The zero-order chi connectivity index (χ0) is 29.5. The molecule has 0 aliphatic carbocycles. The largest absolute Gasteiger partial charge is 0.458 e. The molecule has 0 heterocycles. The van der Waals surface area contributed by atoms with Crippen molar-refractivity contribution in [3.05, 3.63) is 35.9 Å². The summed E-state index contributed by atoms with van der Waals surface area (Å²) in [6.45, 7) is 20.7. The van der Waals surface area contributed by atoms with E-state index in [1.807, 2.05) is 30.3 Å². The van der Waals surface area contributed by atoms with Gasteiger partial charge < -0.3 is 24.0 Å². The Morgan fingerprint density at radius 1 is 0.947 bits per heavy atom.